The van der Waals surface area contributed by atoms with Gasteiger partial charge in [-0.05, 0) is 120 Å². The normalized spacial score (nSPS) is 13.0. The maximum absolute atomic E-state index is 5.64. The van der Waals surface area contributed by atoms with Crippen LogP contribution in [0.3, 0.4) is 0 Å². The number of nitrogens with zero attached hydrogens (tertiary/aromatic N) is 2. The van der Waals surface area contributed by atoms with Crippen molar-refractivity contribution in [3.8, 4) is 56.0 Å². The number of rotatable bonds is 5. The molecule has 0 aliphatic rings. The zero-order chi connectivity index (χ0) is 45.4. The predicted molar refractivity (Wildman–Crippen MR) is 272 cm³/mol. The Morgan fingerprint density at radius 1 is 0.365 bits per heavy atom. The molecule has 8 rings (SSSR count). The van der Waals surface area contributed by atoms with E-state index in [0.717, 1.165) is 55.9 Å². The van der Waals surface area contributed by atoms with Gasteiger partial charge in [-0.1, -0.05) is 183 Å². The van der Waals surface area contributed by atoms with Gasteiger partial charge in [-0.25, -0.2) is 4.98 Å². The SMILES string of the molecule is CC(C)(C)c1ccc(-c2cc(-c3ccc(C(C)(C)C)c(C(C)(C)C)c3)cc(-c3cc(-c4cc(C(C)(C)C)cc(C(C)(C)C)c4)cc(-c4cccc5c4[nH]c4ccccc45)n3)c2)nc1. The van der Waals surface area contributed by atoms with Crippen LogP contribution in [0.2, 0.25) is 0 Å². The zero-order valence-electron chi connectivity index (χ0n) is 40.5. The molecule has 0 atom stereocenters. The lowest BCUT2D eigenvalue weighted by atomic mass is 9.74. The highest BCUT2D eigenvalue weighted by molar-refractivity contribution is 6.11. The minimum Gasteiger partial charge on any atom is -0.354 e. The third-order valence-corrected chi connectivity index (χ3v) is 12.8. The van der Waals surface area contributed by atoms with E-state index in [1.807, 2.05) is 6.20 Å². The molecule has 3 nitrogen and oxygen atoms in total. The van der Waals surface area contributed by atoms with Crippen molar-refractivity contribution >= 4 is 21.8 Å². The first-order valence-electron chi connectivity index (χ1n) is 22.8. The Hall–Kier alpha value is -5.80. The van der Waals surface area contributed by atoms with Gasteiger partial charge in [0, 0.05) is 39.2 Å². The van der Waals surface area contributed by atoms with Crippen LogP contribution in [-0.4, -0.2) is 15.0 Å². The summed E-state index contributed by atoms with van der Waals surface area (Å²) in [5, 5.41) is 2.41. The van der Waals surface area contributed by atoms with Crippen LogP contribution in [0.4, 0.5) is 0 Å². The molecule has 322 valence electrons. The first kappa shape index (κ1) is 43.8. The zero-order valence-corrected chi connectivity index (χ0v) is 40.5. The largest absolute Gasteiger partial charge is 0.354 e. The lowest BCUT2D eigenvalue weighted by Gasteiger charge is -2.30. The highest BCUT2D eigenvalue weighted by Crippen LogP contribution is 2.42. The summed E-state index contributed by atoms with van der Waals surface area (Å²) in [6.07, 6.45) is 2.05. The molecule has 0 amide bonds. The van der Waals surface area contributed by atoms with Crippen LogP contribution in [0.15, 0.2) is 128 Å². The van der Waals surface area contributed by atoms with Gasteiger partial charge in [-0.15, -0.1) is 0 Å². The second-order valence-corrected chi connectivity index (χ2v) is 23.1. The number of nitrogens with one attached hydrogen (secondary N) is 1. The third kappa shape index (κ3) is 8.90. The van der Waals surface area contributed by atoms with Crippen molar-refractivity contribution in [2.24, 2.45) is 0 Å². The smallest absolute Gasteiger partial charge is 0.0736 e. The van der Waals surface area contributed by atoms with Gasteiger partial charge in [0.2, 0.25) is 0 Å². The molecule has 3 heterocycles. The fraction of sp³-hybridized carbons (Fsp3) is 0.333. The summed E-state index contributed by atoms with van der Waals surface area (Å²) in [6, 6.07) is 45.5. The predicted octanol–water partition coefficient (Wildman–Crippen LogP) is 16.9. The van der Waals surface area contributed by atoms with E-state index in [4.69, 9.17) is 9.97 Å². The van der Waals surface area contributed by atoms with E-state index >= 15 is 0 Å². The van der Waals surface area contributed by atoms with Crippen molar-refractivity contribution in [1.82, 2.24) is 15.0 Å². The van der Waals surface area contributed by atoms with E-state index in [1.54, 1.807) is 0 Å². The number of para-hydroxylation sites is 2. The molecule has 0 radical (unpaired) electrons. The third-order valence-electron chi connectivity index (χ3n) is 12.8. The molecule has 3 heteroatoms. The van der Waals surface area contributed by atoms with Crippen molar-refractivity contribution in [1.29, 1.82) is 0 Å². The average Bonchev–Trinajstić information content (AvgIpc) is 3.60. The molecule has 0 fully saturated rings. The van der Waals surface area contributed by atoms with Gasteiger partial charge in [-0.3, -0.25) is 4.98 Å². The van der Waals surface area contributed by atoms with Crippen LogP contribution >= 0.6 is 0 Å². The second kappa shape index (κ2) is 15.5. The molecule has 0 unspecified atom stereocenters. The molecule has 1 N–H and O–H groups in total. The molecule has 63 heavy (non-hydrogen) atoms. The van der Waals surface area contributed by atoms with E-state index in [0.29, 0.717) is 0 Å². The monoisotopic (exact) mass is 830 g/mol. The number of hydrogen-bond donors (Lipinski definition) is 1. The first-order chi connectivity index (χ1) is 29.3. The summed E-state index contributed by atoms with van der Waals surface area (Å²) in [4.78, 5) is 14.5. The number of H-pyrrole nitrogens is 1. The van der Waals surface area contributed by atoms with E-state index in [1.165, 1.54) is 49.7 Å². The molecule has 0 bridgehead atoms. The minimum atomic E-state index is -0.0364. The summed E-state index contributed by atoms with van der Waals surface area (Å²) in [6.45, 7) is 34.5. The molecule has 3 aromatic heterocycles. The molecule has 8 aromatic rings. The van der Waals surface area contributed by atoms with E-state index in [9.17, 15) is 0 Å². The van der Waals surface area contributed by atoms with E-state index < -0.39 is 0 Å². The molecular formula is C60H67N3. The van der Waals surface area contributed by atoms with Crippen LogP contribution < -0.4 is 0 Å². The van der Waals surface area contributed by atoms with E-state index in [2.05, 4.69) is 230 Å². The molecule has 0 saturated heterocycles. The molecular weight excluding hydrogens is 763 g/mol. The first-order valence-corrected chi connectivity index (χ1v) is 22.8. The Morgan fingerprint density at radius 2 is 0.921 bits per heavy atom. The van der Waals surface area contributed by atoms with Crippen LogP contribution in [0.5, 0.6) is 0 Å². The number of pyridine rings is 2. The van der Waals surface area contributed by atoms with Gasteiger partial charge in [0.05, 0.1) is 22.6 Å². The number of fused-ring (bicyclic) bond motifs is 3. The standard InChI is InChI=1S/C60H67N3/c1-56(2,3)43-24-26-51(61-36-43)41-27-38(37-23-25-49(59(10,11)12)50(32-37)60(13,14)15)28-42(29-41)53-33-40(39-30-44(57(4,5)6)35-45(31-39)58(7,8)9)34-54(62-53)48-21-18-20-47-46-19-16-17-22-52(46)63-55(47)48/h16-36,63H,1-15H3. The number of benzene rings is 5. The quantitative estimate of drug-likeness (QED) is 0.188. The van der Waals surface area contributed by atoms with Crippen molar-refractivity contribution in [3.05, 3.63) is 155 Å². The van der Waals surface area contributed by atoms with Gasteiger partial charge in [0.1, 0.15) is 0 Å². The van der Waals surface area contributed by atoms with Gasteiger partial charge in [0.25, 0.3) is 0 Å². The fourth-order valence-corrected chi connectivity index (χ4v) is 8.83. The van der Waals surface area contributed by atoms with Crippen LogP contribution in [0.1, 0.15) is 132 Å². The van der Waals surface area contributed by atoms with Gasteiger partial charge in [0.15, 0.2) is 0 Å². The van der Waals surface area contributed by atoms with Gasteiger partial charge in [-0.2, -0.15) is 0 Å². The van der Waals surface area contributed by atoms with Crippen LogP contribution in [0.25, 0.3) is 77.8 Å². The van der Waals surface area contributed by atoms with E-state index in [-0.39, 0.29) is 27.1 Å². The Balaban J connectivity index is 1.43. The topological polar surface area (TPSA) is 41.6 Å². The van der Waals surface area contributed by atoms with Gasteiger partial charge >= 0.3 is 0 Å². The second-order valence-electron chi connectivity index (χ2n) is 23.1. The highest BCUT2D eigenvalue weighted by Gasteiger charge is 2.27. The Bertz CT molecular complexity index is 2960. The maximum Gasteiger partial charge on any atom is 0.0736 e. The Morgan fingerprint density at radius 3 is 1.52 bits per heavy atom. The number of aromatic nitrogens is 3. The summed E-state index contributed by atoms with van der Waals surface area (Å²) in [5.74, 6) is 0. The Labute approximate surface area is 377 Å². The van der Waals surface area contributed by atoms with Crippen LogP contribution in [-0.2, 0) is 27.1 Å². The van der Waals surface area contributed by atoms with Crippen LogP contribution in [0, 0.1) is 0 Å². The maximum atomic E-state index is 5.64. The summed E-state index contributed by atoms with van der Waals surface area (Å²) in [5.41, 5.74) is 19.4. The van der Waals surface area contributed by atoms with Crippen molar-refractivity contribution < 1.29 is 0 Å². The molecule has 0 saturated carbocycles. The highest BCUT2D eigenvalue weighted by atomic mass is 14.8. The fourth-order valence-electron chi connectivity index (χ4n) is 8.83. The summed E-state index contributed by atoms with van der Waals surface area (Å²) >= 11 is 0. The van der Waals surface area contributed by atoms with Gasteiger partial charge < -0.3 is 4.98 Å². The van der Waals surface area contributed by atoms with Crippen molar-refractivity contribution in [2.75, 3.05) is 0 Å². The molecule has 0 spiro atoms. The summed E-state index contributed by atoms with van der Waals surface area (Å²) < 4.78 is 0. The lowest BCUT2D eigenvalue weighted by molar-refractivity contribution is 0.530. The number of hydrogen-bond acceptors (Lipinski definition) is 2. The molecule has 0 aliphatic carbocycles. The lowest BCUT2D eigenvalue weighted by Crippen LogP contribution is -2.21. The molecule has 5 aromatic carbocycles. The number of aromatic amines is 1. The minimum absolute atomic E-state index is 0.00243. The average molecular weight is 830 g/mol. The Kier molecular flexibility index (Phi) is 10.8. The summed E-state index contributed by atoms with van der Waals surface area (Å²) in [7, 11) is 0. The van der Waals surface area contributed by atoms with Crippen molar-refractivity contribution in [2.45, 2.75) is 131 Å². The molecule has 0 aliphatic heterocycles. The van der Waals surface area contributed by atoms with Crippen molar-refractivity contribution in [3.63, 3.8) is 0 Å².